The second-order valence-corrected chi connectivity index (χ2v) is 10.0. The normalized spacial score (nSPS) is 16.7. The number of ether oxygens (including phenoxy) is 3. The SMILES string of the molecule is COc1ccc(C2/C(=C(\O)c3ccc(OC(C)C)c(C)c3)C(=O)C(=O)N2c2nc3ccc(C)cc3[nH]2)cc1OC. The number of carbonyl (C=O) groups excluding carboxylic acids is 2. The molecule has 206 valence electrons. The number of H-pyrrole nitrogens is 1. The molecule has 9 nitrogen and oxygen atoms in total. The third kappa shape index (κ3) is 4.64. The van der Waals surface area contributed by atoms with Gasteiger partial charge in [0.25, 0.3) is 5.78 Å². The number of aromatic nitrogens is 2. The number of aliphatic hydroxyl groups excluding tert-OH is 1. The number of hydrogen-bond acceptors (Lipinski definition) is 7. The molecule has 0 bridgehead atoms. The van der Waals surface area contributed by atoms with Crippen LogP contribution in [0.2, 0.25) is 0 Å². The topological polar surface area (TPSA) is 114 Å². The van der Waals surface area contributed by atoms with Crippen LogP contribution in [0.1, 0.15) is 42.1 Å². The quantitative estimate of drug-likeness (QED) is 0.178. The largest absolute Gasteiger partial charge is 0.507 e. The monoisotopic (exact) mass is 541 g/mol. The van der Waals surface area contributed by atoms with Crippen LogP contribution in [-0.4, -0.2) is 47.1 Å². The fourth-order valence-electron chi connectivity index (χ4n) is 4.95. The Morgan fingerprint density at radius 2 is 1.68 bits per heavy atom. The molecular formula is C31H31N3O6. The first-order valence-electron chi connectivity index (χ1n) is 12.9. The van der Waals surface area contributed by atoms with Gasteiger partial charge in [0.1, 0.15) is 11.5 Å². The van der Waals surface area contributed by atoms with Gasteiger partial charge in [0.15, 0.2) is 11.5 Å². The van der Waals surface area contributed by atoms with E-state index < -0.39 is 17.7 Å². The lowest BCUT2D eigenvalue weighted by Gasteiger charge is -2.24. The summed E-state index contributed by atoms with van der Waals surface area (Å²) in [6.45, 7) is 7.67. The Hall–Kier alpha value is -4.79. The second-order valence-electron chi connectivity index (χ2n) is 10.0. The van der Waals surface area contributed by atoms with Crippen molar-refractivity contribution >= 4 is 34.4 Å². The third-order valence-corrected chi connectivity index (χ3v) is 6.83. The van der Waals surface area contributed by atoms with Gasteiger partial charge in [-0.3, -0.25) is 14.5 Å². The number of amides is 1. The van der Waals surface area contributed by atoms with E-state index in [1.54, 1.807) is 36.4 Å². The fraction of sp³-hybridized carbons (Fsp3) is 0.258. The summed E-state index contributed by atoms with van der Waals surface area (Å²) >= 11 is 0. The van der Waals surface area contributed by atoms with Gasteiger partial charge in [-0.05, 0) is 86.8 Å². The van der Waals surface area contributed by atoms with Crippen LogP contribution >= 0.6 is 0 Å². The molecule has 1 aliphatic rings. The summed E-state index contributed by atoms with van der Waals surface area (Å²) in [6, 6.07) is 14.9. The van der Waals surface area contributed by atoms with Crippen molar-refractivity contribution in [2.24, 2.45) is 0 Å². The summed E-state index contributed by atoms with van der Waals surface area (Å²) in [7, 11) is 3.03. The Morgan fingerprint density at radius 3 is 2.35 bits per heavy atom. The number of aryl methyl sites for hydroxylation is 2. The molecule has 0 aliphatic carbocycles. The Balaban J connectivity index is 1.71. The molecule has 9 heteroatoms. The number of fused-ring (bicyclic) bond motifs is 1. The average molecular weight is 542 g/mol. The minimum absolute atomic E-state index is 0.0267. The van der Waals surface area contributed by atoms with Gasteiger partial charge < -0.3 is 24.3 Å². The molecule has 1 aromatic heterocycles. The highest BCUT2D eigenvalue weighted by molar-refractivity contribution is 6.51. The van der Waals surface area contributed by atoms with Crippen molar-refractivity contribution in [1.29, 1.82) is 0 Å². The van der Waals surface area contributed by atoms with Gasteiger partial charge in [-0.25, -0.2) is 4.98 Å². The first-order chi connectivity index (χ1) is 19.1. The lowest BCUT2D eigenvalue weighted by atomic mass is 9.94. The molecule has 1 fully saturated rings. The van der Waals surface area contributed by atoms with Crippen molar-refractivity contribution < 1.29 is 28.9 Å². The molecule has 1 atom stereocenters. The number of aliphatic hydroxyl groups is 1. The number of rotatable bonds is 7. The minimum Gasteiger partial charge on any atom is -0.507 e. The van der Waals surface area contributed by atoms with Gasteiger partial charge in [0, 0.05) is 5.56 Å². The smallest absolute Gasteiger partial charge is 0.302 e. The van der Waals surface area contributed by atoms with Crippen LogP contribution in [0.15, 0.2) is 60.2 Å². The van der Waals surface area contributed by atoms with E-state index in [1.807, 2.05) is 45.9 Å². The molecular weight excluding hydrogens is 510 g/mol. The number of hydrogen-bond donors (Lipinski definition) is 2. The number of methoxy groups -OCH3 is 2. The highest BCUT2D eigenvalue weighted by Gasteiger charge is 2.48. The number of aromatic amines is 1. The third-order valence-electron chi connectivity index (χ3n) is 6.83. The maximum absolute atomic E-state index is 13.6. The molecule has 1 unspecified atom stereocenters. The Bertz CT molecular complexity index is 1670. The first-order valence-corrected chi connectivity index (χ1v) is 12.9. The summed E-state index contributed by atoms with van der Waals surface area (Å²) in [5, 5.41) is 11.6. The van der Waals surface area contributed by atoms with E-state index in [9.17, 15) is 14.7 Å². The summed E-state index contributed by atoms with van der Waals surface area (Å²) in [6.07, 6.45) is -0.0267. The highest BCUT2D eigenvalue weighted by Crippen LogP contribution is 2.44. The van der Waals surface area contributed by atoms with Crippen LogP contribution in [0.3, 0.4) is 0 Å². The lowest BCUT2D eigenvalue weighted by molar-refractivity contribution is -0.132. The van der Waals surface area contributed by atoms with E-state index in [1.165, 1.54) is 19.1 Å². The van der Waals surface area contributed by atoms with Crippen molar-refractivity contribution in [3.8, 4) is 17.2 Å². The number of imidazole rings is 1. The van der Waals surface area contributed by atoms with Crippen molar-refractivity contribution in [1.82, 2.24) is 9.97 Å². The molecule has 0 saturated carbocycles. The molecule has 0 spiro atoms. The average Bonchev–Trinajstić information content (AvgIpc) is 3.46. The van der Waals surface area contributed by atoms with Crippen molar-refractivity contribution in [3.05, 3.63) is 82.4 Å². The molecule has 0 radical (unpaired) electrons. The lowest BCUT2D eigenvalue weighted by Crippen LogP contribution is -2.30. The number of benzene rings is 3. The summed E-state index contributed by atoms with van der Waals surface area (Å²) < 4.78 is 16.7. The molecule has 3 aromatic carbocycles. The van der Waals surface area contributed by atoms with Crippen LogP contribution in [0.4, 0.5) is 5.95 Å². The number of Topliss-reactive ketones (excluding diaryl/α,β-unsaturated/α-hetero) is 1. The van der Waals surface area contributed by atoms with Gasteiger partial charge >= 0.3 is 5.91 Å². The van der Waals surface area contributed by atoms with Gasteiger partial charge in [-0.2, -0.15) is 0 Å². The van der Waals surface area contributed by atoms with Crippen LogP contribution < -0.4 is 19.1 Å². The van der Waals surface area contributed by atoms with Crippen molar-refractivity contribution in [3.63, 3.8) is 0 Å². The van der Waals surface area contributed by atoms with E-state index >= 15 is 0 Å². The molecule has 2 heterocycles. The van der Waals surface area contributed by atoms with Gasteiger partial charge in [0.2, 0.25) is 5.95 Å². The predicted molar refractivity (Wildman–Crippen MR) is 152 cm³/mol. The Kier molecular flexibility index (Phi) is 6.97. The molecule has 4 aromatic rings. The zero-order valence-corrected chi connectivity index (χ0v) is 23.2. The van der Waals surface area contributed by atoms with E-state index in [0.29, 0.717) is 33.9 Å². The highest BCUT2D eigenvalue weighted by atomic mass is 16.5. The van der Waals surface area contributed by atoms with E-state index in [0.717, 1.165) is 16.6 Å². The maximum Gasteiger partial charge on any atom is 0.302 e. The molecule has 5 rings (SSSR count). The molecule has 40 heavy (non-hydrogen) atoms. The second kappa shape index (κ2) is 10.4. The number of ketones is 1. The van der Waals surface area contributed by atoms with Crippen LogP contribution in [0.5, 0.6) is 17.2 Å². The van der Waals surface area contributed by atoms with Gasteiger partial charge in [-0.15, -0.1) is 0 Å². The van der Waals surface area contributed by atoms with Crippen LogP contribution in [-0.2, 0) is 9.59 Å². The first kappa shape index (κ1) is 26.8. The summed E-state index contributed by atoms with van der Waals surface area (Å²) in [5.41, 5.74) is 4.02. The predicted octanol–water partition coefficient (Wildman–Crippen LogP) is 5.61. The molecule has 1 amide bonds. The number of nitrogens with one attached hydrogen (secondary N) is 1. The maximum atomic E-state index is 13.6. The molecule has 2 N–H and O–H groups in total. The van der Waals surface area contributed by atoms with Gasteiger partial charge in [-0.1, -0.05) is 12.1 Å². The Morgan fingerprint density at radius 1 is 0.950 bits per heavy atom. The minimum atomic E-state index is -0.992. The summed E-state index contributed by atoms with van der Waals surface area (Å²) in [4.78, 5) is 36.3. The Labute approximate surface area is 232 Å². The molecule has 1 aliphatic heterocycles. The van der Waals surface area contributed by atoms with E-state index in [2.05, 4.69) is 9.97 Å². The van der Waals surface area contributed by atoms with Gasteiger partial charge in [0.05, 0.1) is 43.0 Å². The van der Waals surface area contributed by atoms with Crippen LogP contribution in [0, 0.1) is 13.8 Å². The number of carbonyl (C=O) groups is 2. The van der Waals surface area contributed by atoms with E-state index in [4.69, 9.17) is 14.2 Å². The summed E-state index contributed by atoms with van der Waals surface area (Å²) in [5.74, 6) is -0.176. The van der Waals surface area contributed by atoms with Crippen molar-refractivity contribution in [2.75, 3.05) is 19.1 Å². The zero-order chi connectivity index (χ0) is 28.7. The number of anilines is 1. The fourth-order valence-corrected chi connectivity index (χ4v) is 4.95. The number of nitrogens with zero attached hydrogens (tertiary/aromatic N) is 2. The van der Waals surface area contributed by atoms with E-state index in [-0.39, 0.29) is 23.4 Å². The standard InChI is InChI=1S/C31H31N3O6/c1-16(2)40-23-11-9-20(14-18(23)4)28(35)26-27(19-8-12-24(38-5)25(15-19)39-6)34(30(37)29(26)36)31-32-21-10-7-17(3)13-22(21)33-31/h7-16,27,35H,1-6H3,(H,32,33)/b28-26+. The zero-order valence-electron chi connectivity index (χ0n) is 23.2. The van der Waals surface area contributed by atoms with Crippen molar-refractivity contribution in [2.45, 2.75) is 39.8 Å². The molecule has 1 saturated heterocycles. The van der Waals surface area contributed by atoms with Crippen LogP contribution in [0.25, 0.3) is 16.8 Å².